The summed E-state index contributed by atoms with van der Waals surface area (Å²) in [4.78, 5) is 27.9. The highest BCUT2D eigenvalue weighted by atomic mass is 32.1. The molecule has 0 saturated heterocycles. The van der Waals surface area contributed by atoms with Crippen molar-refractivity contribution in [2.75, 3.05) is 0 Å². The molecule has 1 aromatic heterocycles. The fourth-order valence-electron chi connectivity index (χ4n) is 2.86. The van der Waals surface area contributed by atoms with Gasteiger partial charge in [-0.3, -0.25) is 4.79 Å². The number of carbonyl (C=O) groups excluding carboxylic acids is 1. The third kappa shape index (κ3) is 4.07. The Morgan fingerprint density at radius 2 is 1.90 bits per heavy atom. The minimum absolute atomic E-state index is 0.0998. The highest BCUT2D eigenvalue weighted by Gasteiger charge is 2.31. The predicted octanol–water partition coefficient (Wildman–Crippen LogP) is 4.64. The highest BCUT2D eigenvalue weighted by molar-refractivity contribution is 7.16. The number of hydrogen-bond donors (Lipinski definition) is 1. The standard InChI is InChI=1S/C19H14F4N2O3S/c1-2-13(17(27)28)25-14-8-4-7-12(20)15(14)29-18(25)24-16(26)10-5-3-6-11(9-10)19(21,22)23/h3-9,13H,2H2,1H3,(H,27,28). The molecule has 0 saturated carbocycles. The van der Waals surface area contributed by atoms with E-state index in [1.807, 2.05) is 0 Å². The van der Waals surface area contributed by atoms with Crippen molar-refractivity contribution >= 4 is 33.4 Å². The molecule has 1 unspecified atom stereocenters. The van der Waals surface area contributed by atoms with E-state index in [-0.39, 0.29) is 27.0 Å². The van der Waals surface area contributed by atoms with Crippen molar-refractivity contribution in [1.29, 1.82) is 0 Å². The molecule has 3 rings (SSSR count). The SMILES string of the molecule is CCC(C(=O)O)n1c(=NC(=O)c2cccc(C(F)(F)F)c2)sc2c(F)cccc21. The van der Waals surface area contributed by atoms with Crippen LogP contribution < -0.4 is 4.80 Å². The van der Waals surface area contributed by atoms with Crippen LogP contribution in [0.25, 0.3) is 10.2 Å². The molecule has 5 nitrogen and oxygen atoms in total. The van der Waals surface area contributed by atoms with Crippen LogP contribution in [0, 0.1) is 5.82 Å². The van der Waals surface area contributed by atoms with Crippen LogP contribution in [0.2, 0.25) is 0 Å². The number of carboxylic acid groups (broad SMARTS) is 1. The van der Waals surface area contributed by atoms with Gasteiger partial charge in [-0.15, -0.1) is 0 Å². The van der Waals surface area contributed by atoms with Crippen LogP contribution >= 0.6 is 11.3 Å². The van der Waals surface area contributed by atoms with Gasteiger partial charge in [0.05, 0.1) is 15.8 Å². The molecule has 3 aromatic rings. The first-order chi connectivity index (χ1) is 13.6. The van der Waals surface area contributed by atoms with Gasteiger partial charge >= 0.3 is 12.1 Å². The van der Waals surface area contributed by atoms with Crippen molar-refractivity contribution in [1.82, 2.24) is 4.57 Å². The molecule has 1 N–H and O–H groups in total. The molecule has 0 spiro atoms. The lowest BCUT2D eigenvalue weighted by molar-refractivity contribution is -0.141. The van der Waals surface area contributed by atoms with Crippen LogP contribution in [0.15, 0.2) is 47.5 Å². The van der Waals surface area contributed by atoms with Crippen LogP contribution in [0.4, 0.5) is 17.6 Å². The monoisotopic (exact) mass is 426 g/mol. The molecule has 0 bridgehead atoms. The average molecular weight is 426 g/mol. The summed E-state index contributed by atoms with van der Waals surface area (Å²) in [6, 6.07) is 6.69. The van der Waals surface area contributed by atoms with Crippen molar-refractivity contribution in [2.45, 2.75) is 25.6 Å². The minimum Gasteiger partial charge on any atom is -0.480 e. The summed E-state index contributed by atoms with van der Waals surface area (Å²) >= 11 is 0.759. The van der Waals surface area contributed by atoms with Gasteiger partial charge < -0.3 is 9.67 Å². The predicted molar refractivity (Wildman–Crippen MR) is 98.1 cm³/mol. The zero-order valence-electron chi connectivity index (χ0n) is 14.9. The third-order valence-electron chi connectivity index (χ3n) is 4.22. The Balaban J connectivity index is 2.21. The first-order valence-electron chi connectivity index (χ1n) is 8.42. The Labute approximate surface area is 165 Å². The highest BCUT2D eigenvalue weighted by Crippen LogP contribution is 2.30. The van der Waals surface area contributed by atoms with Crippen molar-refractivity contribution in [3.8, 4) is 0 Å². The number of fused-ring (bicyclic) bond motifs is 1. The number of nitrogens with zero attached hydrogens (tertiary/aromatic N) is 2. The normalized spacial score (nSPS) is 13.6. The number of thiazole rings is 1. The van der Waals surface area contributed by atoms with Crippen LogP contribution in [-0.4, -0.2) is 21.6 Å². The molecule has 2 aromatic carbocycles. The molecular formula is C19H14F4N2O3S. The van der Waals surface area contributed by atoms with Crippen LogP contribution in [0.3, 0.4) is 0 Å². The van der Waals surface area contributed by atoms with Gasteiger partial charge in [-0.2, -0.15) is 18.2 Å². The van der Waals surface area contributed by atoms with Gasteiger partial charge in [0.2, 0.25) is 0 Å². The maximum Gasteiger partial charge on any atom is 0.416 e. The molecule has 1 atom stereocenters. The van der Waals surface area contributed by atoms with E-state index in [4.69, 9.17) is 0 Å². The first-order valence-corrected chi connectivity index (χ1v) is 9.23. The zero-order valence-corrected chi connectivity index (χ0v) is 15.7. The Morgan fingerprint density at radius 3 is 2.52 bits per heavy atom. The van der Waals surface area contributed by atoms with Gasteiger partial charge in [0.15, 0.2) is 4.80 Å². The van der Waals surface area contributed by atoms with Crippen molar-refractivity contribution in [2.24, 2.45) is 4.99 Å². The van der Waals surface area contributed by atoms with E-state index in [1.54, 1.807) is 6.92 Å². The fraction of sp³-hybridized carbons (Fsp3) is 0.211. The Morgan fingerprint density at radius 1 is 1.21 bits per heavy atom. The largest absolute Gasteiger partial charge is 0.480 e. The second-order valence-corrected chi connectivity index (χ2v) is 7.08. The molecule has 152 valence electrons. The van der Waals surface area contributed by atoms with Gasteiger partial charge in [0, 0.05) is 5.56 Å². The topological polar surface area (TPSA) is 71.7 Å². The third-order valence-corrected chi connectivity index (χ3v) is 5.30. The number of hydrogen-bond acceptors (Lipinski definition) is 3. The van der Waals surface area contributed by atoms with E-state index in [1.165, 1.54) is 28.8 Å². The molecule has 10 heteroatoms. The van der Waals surface area contributed by atoms with Crippen LogP contribution in [0.1, 0.15) is 35.3 Å². The maximum atomic E-state index is 14.2. The smallest absolute Gasteiger partial charge is 0.416 e. The van der Waals surface area contributed by atoms with Gasteiger partial charge in [-0.1, -0.05) is 30.4 Å². The van der Waals surface area contributed by atoms with Gasteiger partial charge in [-0.05, 0) is 36.8 Å². The Hall–Kier alpha value is -3.01. The second kappa shape index (κ2) is 7.78. The van der Waals surface area contributed by atoms with Crippen LogP contribution in [-0.2, 0) is 11.0 Å². The fourth-order valence-corrected chi connectivity index (χ4v) is 3.93. The van der Waals surface area contributed by atoms with Gasteiger partial charge in [0.1, 0.15) is 11.9 Å². The number of amides is 1. The lowest BCUT2D eigenvalue weighted by atomic mass is 10.1. The lowest BCUT2D eigenvalue weighted by Crippen LogP contribution is -2.27. The number of benzene rings is 2. The summed E-state index contributed by atoms with van der Waals surface area (Å²) in [6.45, 7) is 1.60. The van der Waals surface area contributed by atoms with E-state index in [0.717, 1.165) is 23.5 Å². The van der Waals surface area contributed by atoms with Gasteiger partial charge in [-0.25, -0.2) is 9.18 Å². The van der Waals surface area contributed by atoms with E-state index in [2.05, 4.69) is 4.99 Å². The summed E-state index contributed by atoms with van der Waals surface area (Å²) in [6.07, 6.45) is -4.50. The molecule has 1 amide bonds. The van der Waals surface area contributed by atoms with E-state index < -0.39 is 35.5 Å². The molecule has 0 radical (unpaired) electrons. The first kappa shape index (κ1) is 20.7. The summed E-state index contributed by atoms with van der Waals surface area (Å²) in [5.74, 6) is -2.81. The zero-order chi connectivity index (χ0) is 21.3. The summed E-state index contributed by atoms with van der Waals surface area (Å²) in [7, 11) is 0. The minimum atomic E-state index is -4.63. The Bertz CT molecular complexity index is 1160. The Kier molecular flexibility index (Phi) is 5.56. The second-order valence-electron chi connectivity index (χ2n) is 6.10. The molecule has 1 heterocycles. The molecule has 0 fully saturated rings. The van der Waals surface area contributed by atoms with E-state index in [0.29, 0.717) is 6.07 Å². The average Bonchev–Trinajstić information content (AvgIpc) is 3.01. The molecule has 0 aliphatic rings. The van der Waals surface area contributed by atoms with Crippen molar-refractivity contribution in [3.05, 3.63) is 64.2 Å². The summed E-state index contributed by atoms with van der Waals surface area (Å²) < 4.78 is 54.2. The quantitative estimate of drug-likeness (QED) is 0.618. The number of carbonyl (C=O) groups is 2. The number of alkyl halides is 3. The number of rotatable bonds is 4. The lowest BCUT2D eigenvalue weighted by Gasteiger charge is -2.13. The summed E-state index contributed by atoms with van der Waals surface area (Å²) in [5, 5.41) is 9.51. The molecule has 0 aliphatic carbocycles. The number of aromatic nitrogens is 1. The number of carboxylic acids is 1. The molecule has 0 aliphatic heterocycles. The maximum absolute atomic E-state index is 14.2. The number of halogens is 4. The van der Waals surface area contributed by atoms with E-state index >= 15 is 0 Å². The molecule has 29 heavy (non-hydrogen) atoms. The van der Waals surface area contributed by atoms with Crippen molar-refractivity contribution in [3.63, 3.8) is 0 Å². The number of aliphatic carboxylic acids is 1. The van der Waals surface area contributed by atoms with Crippen LogP contribution in [0.5, 0.6) is 0 Å². The van der Waals surface area contributed by atoms with E-state index in [9.17, 15) is 32.3 Å². The van der Waals surface area contributed by atoms with Crippen molar-refractivity contribution < 1.29 is 32.3 Å². The summed E-state index contributed by atoms with van der Waals surface area (Å²) in [5.41, 5.74) is -1.08. The molecular weight excluding hydrogens is 412 g/mol. The van der Waals surface area contributed by atoms with Gasteiger partial charge in [0.25, 0.3) is 5.91 Å².